The van der Waals surface area contributed by atoms with E-state index >= 15 is 0 Å². The molecule has 4 rings (SSSR count). The molecule has 0 aliphatic carbocycles. The van der Waals surface area contributed by atoms with Crippen molar-refractivity contribution in [3.63, 3.8) is 0 Å². The highest BCUT2D eigenvalue weighted by molar-refractivity contribution is 6.04. The van der Waals surface area contributed by atoms with Crippen molar-refractivity contribution in [2.45, 2.75) is 0 Å². The fraction of sp³-hybridized carbons (Fsp3) is 0.261. The van der Waals surface area contributed by atoms with E-state index in [1.807, 2.05) is 6.07 Å². The van der Waals surface area contributed by atoms with Gasteiger partial charge in [-0.3, -0.25) is 4.79 Å². The van der Waals surface area contributed by atoms with Crippen molar-refractivity contribution in [1.29, 1.82) is 0 Å². The molecule has 1 amide bonds. The molecule has 1 aliphatic rings. The summed E-state index contributed by atoms with van der Waals surface area (Å²) in [4.78, 5) is 25.9. The largest absolute Gasteiger partial charge is 0.497 e. The lowest BCUT2D eigenvalue weighted by atomic mass is 10.2. The van der Waals surface area contributed by atoms with Crippen LogP contribution >= 0.6 is 0 Å². The molecule has 0 atom stereocenters. The predicted molar refractivity (Wildman–Crippen MR) is 120 cm³/mol. The molecule has 8 heteroatoms. The van der Waals surface area contributed by atoms with Crippen LogP contribution in [0.15, 0.2) is 60.9 Å². The second kappa shape index (κ2) is 9.34. The zero-order chi connectivity index (χ0) is 21.6. The number of benzene rings is 2. The number of aromatic nitrogens is 2. The van der Waals surface area contributed by atoms with Gasteiger partial charge in [0.15, 0.2) is 0 Å². The predicted octanol–water partition coefficient (Wildman–Crippen LogP) is 3.07. The minimum Gasteiger partial charge on any atom is -0.497 e. The van der Waals surface area contributed by atoms with Crippen LogP contribution in [-0.4, -0.2) is 56.3 Å². The Kier molecular flexibility index (Phi) is 6.16. The number of hydrogen-bond donors (Lipinski definition) is 1. The van der Waals surface area contributed by atoms with Crippen LogP contribution in [-0.2, 0) is 0 Å². The first-order valence-electron chi connectivity index (χ1n) is 10.1. The summed E-state index contributed by atoms with van der Waals surface area (Å²) in [6, 6.07) is 17.2. The lowest BCUT2D eigenvalue weighted by molar-refractivity contribution is 0.102. The summed E-state index contributed by atoms with van der Waals surface area (Å²) in [5, 5.41) is 2.84. The topological polar surface area (TPSA) is 79.8 Å². The summed E-state index contributed by atoms with van der Waals surface area (Å²) in [7, 11) is 3.09. The number of carbonyl (C=O) groups excluding carboxylic acids is 1. The van der Waals surface area contributed by atoms with Gasteiger partial charge in [0.1, 0.15) is 29.5 Å². The Bertz CT molecular complexity index is 1010. The van der Waals surface area contributed by atoms with E-state index in [-0.39, 0.29) is 5.91 Å². The number of hydrogen-bond acceptors (Lipinski definition) is 7. The average molecular weight is 419 g/mol. The molecule has 1 fully saturated rings. The molecular weight excluding hydrogens is 394 g/mol. The SMILES string of the molecule is COc1cc(OC)cc(C(=O)Nc2cc(N3CCN(c4ccccc4)CC3)ncn2)c1. The van der Waals surface area contributed by atoms with Crippen LogP contribution < -0.4 is 24.6 Å². The smallest absolute Gasteiger partial charge is 0.257 e. The van der Waals surface area contributed by atoms with Gasteiger partial charge in [-0.1, -0.05) is 18.2 Å². The second-order valence-electron chi connectivity index (χ2n) is 7.13. The van der Waals surface area contributed by atoms with Crippen LogP contribution in [0.3, 0.4) is 0 Å². The average Bonchev–Trinajstić information content (AvgIpc) is 2.84. The molecule has 0 saturated carbocycles. The van der Waals surface area contributed by atoms with Crippen LogP contribution in [0, 0.1) is 0 Å². The van der Waals surface area contributed by atoms with Crippen molar-refractivity contribution >= 4 is 23.2 Å². The van der Waals surface area contributed by atoms with Crippen LogP contribution in [0.25, 0.3) is 0 Å². The van der Waals surface area contributed by atoms with Gasteiger partial charge in [0.05, 0.1) is 14.2 Å². The fourth-order valence-electron chi connectivity index (χ4n) is 3.55. The van der Waals surface area contributed by atoms with Gasteiger partial charge in [0.2, 0.25) is 0 Å². The lowest BCUT2D eigenvalue weighted by Crippen LogP contribution is -2.46. The van der Waals surface area contributed by atoms with Crippen LogP contribution in [0.5, 0.6) is 11.5 Å². The third-order valence-electron chi connectivity index (χ3n) is 5.23. The Balaban J connectivity index is 1.43. The summed E-state index contributed by atoms with van der Waals surface area (Å²) >= 11 is 0. The first kappa shape index (κ1) is 20.5. The molecular formula is C23H25N5O3. The number of nitrogens with zero attached hydrogens (tertiary/aromatic N) is 4. The van der Waals surface area contributed by atoms with Gasteiger partial charge < -0.3 is 24.6 Å². The Hall–Kier alpha value is -3.81. The van der Waals surface area contributed by atoms with Gasteiger partial charge in [-0.15, -0.1) is 0 Å². The molecule has 1 aliphatic heterocycles. The van der Waals surface area contributed by atoms with Crippen molar-refractivity contribution in [3.8, 4) is 11.5 Å². The van der Waals surface area contributed by atoms with E-state index < -0.39 is 0 Å². The van der Waals surface area contributed by atoms with Gasteiger partial charge >= 0.3 is 0 Å². The minimum atomic E-state index is -0.296. The van der Waals surface area contributed by atoms with Crippen molar-refractivity contribution in [1.82, 2.24) is 9.97 Å². The first-order valence-corrected chi connectivity index (χ1v) is 10.1. The quantitative estimate of drug-likeness (QED) is 0.658. The number of methoxy groups -OCH3 is 2. The zero-order valence-corrected chi connectivity index (χ0v) is 17.6. The molecule has 2 aromatic carbocycles. The van der Waals surface area contributed by atoms with E-state index in [2.05, 4.69) is 49.4 Å². The number of piperazine rings is 1. The molecule has 160 valence electrons. The lowest BCUT2D eigenvalue weighted by Gasteiger charge is -2.36. The number of para-hydroxylation sites is 1. The summed E-state index contributed by atoms with van der Waals surface area (Å²) < 4.78 is 10.5. The van der Waals surface area contributed by atoms with E-state index in [1.165, 1.54) is 12.0 Å². The molecule has 0 bridgehead atoms. The summed E-state index contributed by atoms with van der Waals surface area (Å²) in [5.41, 5.74) is 1.65. The third-order valence-corrected chi connectivity index (χ3v) is 5.23. The highest BCUT2D eigenvalue weighted by Crippen LogP contribution is 2.24. The Morgan fingerprint density at radius 2 is 1.52 bits per heavy atom. The molecule has 0 unspecified atom stereocenters. The number of nitrogens with one attached hydrogen (secondary N) is 1. The van der Waals surface area contributed by atoms with E-state index in [9.17, 15) is 4.79 Å². The summed E-state index contributed by atoms with van der Waals surface area (Å²) in [6.07, 6.45) is 1.47. The van der Waals surface area contributed by atoms with Crippen LogP contribution in [0.2, 0.25) is 0 Å². The molecule has 1 N–H and O–H groups in total. The van der Waals surface area contributed by atoms with Gasteiger partial charge in [0, 0.05) is 49.6 Å². The maximum absolute atomic E-state index is 12.7. The van der Waals surface area contributed by atoms with Gasteiger partial charge in [-0.25, -0.2) is 9.97 Å². The van der Waals surface area contributed by atoms with Gasteiger partial charge in [0.25, 0.3) is 5.91 Å². The Morgan fingerprint density at radius 3 is 2.16 bits per heavy atom. The van der Waals surface area contributed by atoms with E-state index in [1.54, 1.807) is 38.5 Å². The Labute approximate surface area is 181 Å². The molecule has 3 aromatic rings. The van der Waals surface area contributed by atoms with Crippen LogP contribution in [0.4, 0.5) is 17.3 Å². The van der Waals surface area contributed by atoms with E-state index in [0.29, 0.717) is 22.9 Å². The molecule has 1 aromatic heterocycles. The zero-order valence-electron chi connectivity index (χ0n) is 17.6. The molecule has 2 heterocycles. The molecule has 8 nitrogen and oxygen atoms in total. The van der Waals surface area contributed by atoms with Crippen LogP contribution in [0.1, 0.15) is 10.4 Å². The number of carbonyl (C=O) groups is 1. The van der Waals surface area contributed by atoms with Crippen molar-refractivity contribution in [2.24, 2.45) is 0 Å². The van der Waals surface area contributed by atoms with Gasteiger partial charge in [-0.2, -0.15) is 0 Å². The summed E-state index contributed by atoms with van der Waals surface area (Å²) in [5.74, 6) is 2.03. The van der Waals surface area contributed by atoms with E-state index in [4.69, 9.17) is 9.47 Å². The maximum atomic E-state index is 12.7. The number of rotatable bonds is 6. The molecule has 0 radical (unpaired) electrons. The van der Waals surface area contributed by atoms with Crippen molar-refractivity contribution in [3.05, 3.63) is 66.5 Å². The fourth-order valence-corrected chi connectivity index (χ4v) is 3.55. The maximum Gasteiger partial charge on any atom is 0.257 e. The molecule has 31 heavy (non-hydrogen) atoms. The van der Waals surface area contributed by atoms with E-state index in [0.717, 1.165) is 32.0 Å². The highest BCUT2D eigenvalue weighted by Gasteiger charge is 2.19. The Morgan fingerprint density at radius 1 is 0.871 bits per heavy atom. The standard InChI is InChI=1S/C23H25N5O3/c1-30-19-12-17(13-20(14-19)31-2)23(29)26-21-15-22(25-16-24-21)28-10-8-27(9-11-28)18-6-4-3-5-7-18/h3-7,12-16H,8-11H2,1-2H3,(H,24,25,26,29). The number of amides is 1. The minimum absolute atomic E-state index is 0.296. The number of ether oxygens (including phenoxy) is 2. The highest BCUT2D eigenvalue weighted by atomic mass is 16.5. The molecule has 0 spiro atoms. The molecule has 1 saturated heterocycles. The first-order chi connectivity index (χ1) is 15.2. The second-order valence-corrected chi connectivity index (χ2v) is 7.13. The van der Waals surface area contributed by atoms with Crippen molar-refractivity contribution < 1.29 is 14.3 Å². The summed E-state index contributed by atoms with van der Waals surface area (Å²) in [6.45, 7) is 3.48. The monoisotopic (exact) mass is 419 g/mol. The third kappa shape index (κ3) is 4.85. The number of anilines is 3. The normalized spacial score (nSPS) is 13.6. The van der Waals surface area contributed by atoms with Crippen molar-refractivity contribution in [2.75, 3.05) is 55.5 Å². The van der Waals surface area contributed by atoms with Gasteiger partial charge in [-0.05, 0) is 24.3 Å².